The molecule has 3 rings (SSSR count). The first-order chi connectivity index (χ1) is 9.86. The molecule has 1 aliphatic heterocycles. The maximum absolute atomic E-state index is 6.04. The van der Waals surface area contributed by atoms with Gasteiger partial charge in [-0.2, -0.15) is 11.8 Å². The van der Waals surface area contributed by atoms with E-state index in [2.05, 4.69) is 4.98 Å². The number of thioether (sulfide) groups is 1. The van der Waals surface area contributed by atoms with Gasteiger partial charge in [-0.3, -0.25) is 4.98 Å². The Morgan fingerprint density at radius 1 is 1.25 bits per heavy atom. The third-order valence-electron chi connectivity index (χ3n) is 3.73. The normalized spacial score (nSPS) is 16.2. The first-order valence-corrected chi connectivity index (χ1v) is 8.15. The molecular formula is C16H19NO2S. The van der Waals surface area contributed by atoms with Crippen molar-refractivity contribution in [2.75, 3.05) is 25.2 Å². The molecule has 0 amide bonds. The zero-order valence-corrected chi connectivity index (χ0v) is 12.5. The van der Waals surface area contributed by atoms with Gasteiger partial charge in [-0.25, -0.2) is 0 Å². The minimum Gasteiger partial charge on any atom is -0.497 e. The molecule has 1 aromatic carbocycles. The quantitative estimate of drug-likeness (QED) is 0.857. The van der Waals surface area contributed by atoms with Gasteiger partial charge >= 0.3 is 0 Å². The summed E-state index contributed by atoms with van der Waals surface area (Å²) in [6.45, 7) is 0.811. The van der Waals surface area contributed by atoms with E-state index in [4.69, 9.17) is 9.47 Å². The highest BCUT2D eigenvalue weighted by atomic mass is 32.2. The summed E-state index contributed by atoms with van der Waals surface area (Å²) in [6, 6.07) is 7.87. The predicted molar refractivity (Wildman–Crippen MR) is 83.8 cm³/mol. The molecule has 20 heavy (non-hydrogen) atoms. The molecule has 0 aliphatic carbocycles. The monoisotopic (exact) mass is 289 g/mol. The van der Waals surface area contributed by atoms with Crippen molar-refractivity contribution in [2.24, 2.45) is 5.92 Å². The van der Waals surface area contributed by atoms with E-state index in [9.17, 15) is 0 Å². The Morgan fingerprint density at radius 2 is 2.10 bits per heavy atom. The van der Waals surface area contributed by atoms with Gasteiger partial charge in [-0.1, -0.05) is 0 Å². The molecule has 3 nitrogen and oxygen atoms in total. The average Bonchev–Trinajstić information content (AvgIpc) is 2.53. The Kier molecular flexibility index (Phi) is 4.31. The van der Waals surface area contributed by atoms with Gasteiger partial charge in [-0.15, -0.1) is 0 Å². The summed E-state index contributed by atoms with van der Waals surface area (Å²) >= 11 is 2.05. The second-order valence-corrected chi connectivity index (χ2v) is 6.28. The third kappa shape index (κ3) is 3.01. The Morgan fingerprint density at radius 3 is 2.90 bits per heavy atom. The van der Waals surface area contributed by atoms with Crippen LogP contribution >= 0.6 is 11.8 Å². The van der Waals surface area contributed by atoms with E-state index in [1.54, 1.807) is 13.3 Å². The number of ether oxygens (including phenoxy) is 2. The number of aromatic nitrogens is 1. The zero-order chi connectivity index (χ0) is 13.8. The van der Waals surface area contributed by atoms with Crippen LogP contribution in [0.3, 0.4) is 0 Å². The Balaban J connectivity index is 1.76. The van der Waals surface area contributed by atoms with Crippen LogP contribution in [-0.4, -0.2) is 30.2 Å². The first-order valence-electron chi connectivity index (χ1n) is 7.00. The lowest BCUT2D eigenvalue weighted by Gasteiger charge is -2.21. The van der Waals surface area contributed by atoms with Crippen LogP contribution in [-0.2, 0) is 0 Å². The molecule has 4 heteroatoms. The molecule has 0 saturated carbocycles. The summed E-state index contributed by atoms with van der Waals surface area (Å²) in [5, 5.41) is 1.05. The Bertz CT molecular complexity index is 582. The van der Waals surface area contributed by atoms with Crippen LogP contribution in [0.15, 0.2) is 30.5 Å². The van der Waals surface area contributed by atoms with E-state index in [0.717, 1.165) is 29.0 Å². The number of nitrogens with zero attached hydrogens (tertiary/aromatic N) is 1. The van der Waals surface area contributed by atoms with Crippen LogP contribution in [0.5, 0.6) is 11.5 Å². The molecular weight excluding hydrogens is 270 g/mol. The fourth-order valence-corrected chi connectivity index (χ4v) is 3.68. The summed E-state index contributed by atoms with van der Waals surface area (Å²) in [4.78, 5) is 4.38. The van der Waals surface area contributed by atoms with E-state index < -0.39 is 0 Å². The van der Waals surface area contributed by atoms with E-state index in [1.165, 1.54) is 24.3 Å². The van der Waals surface area contributed by atoms with Crippen molar-refractivity contribution in [1.29, 1.82) is 0 Å². The number of hydrogen-bond donors (Lipinski definition) is 0. The zero-order valence-electron chi connectivity index (χ0n) is 11.7. The van der Waals surface area contributed by atoms with Gasteiger partial charge in [-0.05, 0) is 48.5 Å². The summed E-state index contributed by atoms with van der Waals surface area (Å²) in [5.74, 6) is 4.98. The number of pyridine rings is 1. The number of rotatable bonds is 4. The van der Waals surface area contributed by atoms with Crippen molar-refractivity contribution in [3.63, 3.8) is 0 Å². The van der Waals surface area contributed by atoms with Gasteiger partial charge < -0.3 is 9.47 Å². The predicted octanol–water partition coefficient (Wildman–Crippen LogP) is 3.77. The van der Waals surface area contributed by atoms with Crippen molar-refractivity contribution in [2.45, 2.75) is 12.8 Å². The maximum atomic E-state index is 6.04. The van der Waals surface area contributed by atoms with E-state index in [0.29, 0.717) is 5.92 Å². The van der Waals surface area contributed by atoms with Gasteiger partial charge in [0, 0.05) is 17.6 Å². The fraction of sp³-hybridized carbons (Fsp3) is 0.438. The van der Waals surface area contributed by atoms with E-state index >= 15 is 0 Å². The molecule has 2 aromatic rings. The lowest BCUT2D eigenvalue weighted by molar-refractivity contribution is 0.242. The average molecular weight is 289 g/mol. The minimum atomic E-state index is 0.692. The SMILES string of the molecule is COc1ccc2c(OCC3CCSCC3)ccnc2c1. The maximum Gasteiger partial charge on any atom is 0.130 e. The third-order valence-corrected chi connectivity index (χ3v) is 4.77. The highest BCUT2D eigenvalue weighted by molar-refractivity contribution is 7.99. The molecule has 106 valence electrons. The Labute approximate surface area is 123 Å². The topological polar surface area (TPSA) is 31.4 Å². The van der Waals surface area contributed by atoms with Gasteiger partial charge in [0.15, 0.2) is 0 Å². The molecule has 0 N–H and O–H groups in total. The summed E-state index contributed by atoms with van der Waals surface area (Å²) in [7, 11) is 1.67. The second-order valence-electron chi connectivity index (χ2n) is 5.06. The van der Waals surface area contributed by atoms with Crippen molar-refractivity contribution < 1.29 is 9.47 Å². The molecule has 1 aliphatic rings. The van der Waals surface area contributed by atoms with Crippen LogP contribution in [0.4, 0.5) is 0 Å². The minimum absolute atomic E-state index is 0.692. The molecule has 0 spiro atoms. The van der Waals surface area contributed by atoms with Crippen LogP contribution in [0, 0.1) is 5.92 Å². The fourth-order valence-electron chi connectivity index (χ4n) is 2.48. The number of methoxy groups -OCH3 is 1. The lowest BCUT2D eigenvalue weighted by Crippen LogP contribution is -2.17. The largest absolute Gasteiger partial charge is 0.497 e. The van der Waals surface area contributed by atoms with Gasteiger partial charge in [0.25, 0.3) is 0 Å². The molecule has 0 unspecified atom stereocenters. The standard InChI is InChI=1S/C16H19NO2S/c1-18-13-2-3-14-15(10-13)17-7-4-16(14)19-11-12-5-8-20-9-6-12/h2-4,7,10,12H,5-6,8-9,11H2,1H3. The molecule has 0 bridgehead atoms. The lowest BCUT2D eigenvalue weighted by atomic mass is 10.0. The van der Waals surface area contributed by atoms with Crippen molar-refractivity contribution in [1.82, 2.24) is 4.98 Å². The summed E-state index contributed by atoms with van der Waals surface area (Å²) in [6.07, 6.45) is 4.33. The smallest absolute Gasteiger partial charge is 0.130 e. The van der Waals surface area contributed by atoms with Crippen LogP contribution in [0.2, 0.25) is 0 Å². The molecule has 2 heterocycles. The first kappa shape index (κ1) is 13.6. The number of hydrogen-bond acceptors (Lipinski definition) is 4. The van der Waals surface area contributed by atoms with Crippen molar-refractivity contribution >= 4 is 22.7 Å². The van der Waals surface area contributed by atoms with E-state index in [1.807, 2.05) is 36.0 Å². The molecule has 1 fully saturated rings. The van der Waals surface area contributed by atoms with Gasteiger partial charge in [0.2, 0.25) is 0 Å². The highest BCUT2D eigenvalue weighted by Crippen LogP contribution is 2.29. The Hall–Kier alpha value is -1.42. The number of benzene rings is 1. The van der Waals surface area contributed by atoms with E-state index in [-0.39, 0.29) is 0 Å². The molecule has 0 atom stereocenters. The van der Waals surface area contributed by atoms with Gasteiger partial charge in [0.1, 0.15) is 11.5 Å². The number of fused-ring (bicyclic) bond motifs is 1. The van der Waals surface area contributed by atoms with Crippen LogP contribution in [0.25, 0.3) is 10.9 Å². The van der Waals surface area contributed by atoms with Gasteiger partial charge in [0.05, 0.1) is 19.2 Å². The second kappa shape index (κ2) is 6.35. The van der Waals surface area contributed by atoms with Crippen molar-refractivity contribution in [3.8, 4) is 11.5 Å². The van der Waals surface area contributed by atoms with Crippen LogP contribution < -0.4 is 9.47 Å². The highest BCUT2D eigenvalue weighted by Gasteiger charge is 2.15. The molecule has 1 aromatic heterocycles. The molecule has 1 saturated heterocycles. The van der Waals surface area contributed by atoms with Crippen LogP contribution in [0.1, 0.15) is 12.8 Å². The summed E-state index contributed by atoms with van der Waals surface area (Å²) in [5.41, 5.74) is 0.918. The van der Waals surface area contributed by atoms with Crippen molar-refractivity contribution in [3.05, 3.63) is 30.5 Å². The molecule has 0 radical (unpaired) electrons. The summed E-state index contributed by atoms with van der Waals surface area (Å²) < 4.78 is 11.3.